The normalized spacial score (nSPS) is 11.1. The van der Waals surface area contributed by atoms with Gasteiger partial charge in [-0.2, -0.15) is 0 Å². The fraction of sp³-hybridized carbons (Fsp3) is 0.174. The number of nitrogens with one attached hydrogen (secondary N) is 1. The molecule has 130 valence electrons. The molecule has 0 saturated carbocycles. The highest BCUT2D eigenvalue weighted by atomic mass is 15.0. The molecule has 2 aromatic carbocycles. The van der Waals surface area contributed by atoms with Crippen molar-refractivity contribution in [3.8, 4) is 0 Å². The Labute approximate surface area is 154 Å². The van der Waals surface area contributed by atoms with Crippen LogP contribution in [0, 0.1) is 6.92 Å². The number of para-hydroxylation sites is 1. The van der Waals surface area contributed by atoms with E-state index in [0.717, 1.165) is 19.6 Å². The molecule has 0 aliphatic rings. The zero-order valence-electron chi connectivity index (χ0n) is 15.0. The van der Waals surface area contributed by atoms with Crippen LogP contribution in [0.15, 0.2) is 79.3 Å². The maximum atomic E-state index is 4.07. The lowest BCUT2D eigenvalue weighted by atomic mass is 10.1. The number of fused-ring (bicyclic) bond motifs is 1. The van der Waals surface area contributed by atoms with E-state index in [1.54, 1.807) is 0 Å². The van der Waals surface area contributed by atoms with E-state index in [4.69, 9.17) is 0 Å². The second-order valence-electron chi connectivity index (χ2n) is 6.68. The van der Waals surface area contributed by atoms with Gasteiger partial charge in [-0.15, -0.1) is 0 Å². The number of aromatic nitrogens is 2. The Morgan fingerprint density at radius 3 is 2.46 bits per heavy atom. The van der Waals surface area contributed by atoms with Gasteiger partial charge in [-0.25, -0.2) is 0 Å². The lowest BCUT2D eigenvalue weighted by Gasteiger charge is -2.08. The average molecular weight is 341 g/mol. The van der Waals surface area contributed by atoms with E-state index < -0.39 is 0 Å². The van der Waals surface area contributed by atoms with Crippen LogP contribution in [0.3, 0.4) is 0 Å². The van der Waals surface area contributed by atoms with Crippen LogP contribution in [0.4, 0.5) is 0 Å². The Bertz CT molecular complexity index is 1000. The highest BCUT2D eigenvalue weighted by Gasteiger charge is 2.09. The number of benzene rings is 2. The van der Waals surface area contributed by atoms with Crippen molar-refractivity contribution < 1.29 is 0 Å². The number of hydrogen-bond donors (Lipinski definition) is 1. The molecule has 2 heterocycles. The van der Waals surface area contributed by atoms with Crippen LogP contribution in [0.2, 0.25) is 0 Å². The van der Waals surface area contributed by atoms with Gasteiger partial charge in [0.15, 0.2) is 0 Å². The number of nitrogens with zero attached hydrogens (tertiary/aromatic N) is 2. The molecule has 0 fully saturated rings. The van der Waals surface area contributed by atoms with Crippen molar-refractivity contribution in [3.05, 3.63) is 102 Å². The number of rotatable bonds is 6. The molecule has 0 bridgehead atoms. The van der Waals surface area contributed by atoms with Gasteiger partial charge in [0.1, 0.15) is 0 Å². The lowest BCUT2D eigenvalue weighted by Crippen LogP contribution is -2.12. The number of aryl methyl sites for hydroxylation is 1. The Balaban J connectivity index is 1.57. The van der Waals surface area contributed by atoms with Crippen LogP contribution in [-0.2, 0) is 19.6 Å². The summed E-state index contributed by atoms with van der Waals surface area (Å²) >= 11 is 0. The molecule has 4 rings (SSSR count). The zero-order valence-corrected chi connectivity index (χ0v) is 15.0. The van der Waals surface area contributed by atoms with E-state index in [1.807, 2.05) is 12.4 Å². The molecule has 0 unspecified atom stereocenters. The second-order valence-corrected chi connectivity index (χ2v) is 6.68. The standard InChI is InChI=1S/C23H23N3/c1-18-6-2-3-7-20(18)16-26-17-21(22-8-4-5-9-23(22)26)15-25-14-19-10-12-24-13-11-19/h2-13,17,25H,14-16H2,1H3. The lowest BCUT2D eigenvalue weighted by molar-refractivity contribution is 0.691. The summed E-state index contributed by atoms with van der Waals surface area (Å²) in [5, 5.41) is 4.88. The minimum atomic E-state index is 0.847. The Hall–Kier alpha value is -2.91. The molecule has 0 atom stereocenters. The van der Waals surface area contributed by atoms with Crippen LogP contribution < -0.4 is 5.32 Å². The molecule has 0 aliphatic heterocycles. The van der Waals surface area contributed by atoms with Crippen molar-refractivity contribution in [2.45, 2.75) is 26.6 Å². The van der Waals surface area contributed by atoms with Gasteiger partial charge in [0, 0.05) is 49.1 Å². The van der Waals surface area contributed by atoms with Gasteiger partial charge < -0.3 is 9.88 Å². The molecule has 0 amide bonds. The predicted octanol–water partition coefficient (Wildman–Crippen LogP) is 4.68. The van der Waals surface area contributed by atoms with E-state index in [1.165, 1.54) is 33.2 Å². The van der Waals surface area contributed by atoms with Gasteiger partial charge in [-0.3, -0.25) is 4.98 Å². The highest BCUT2D eigenvalue weighted by molar-refractivity contribution is 5.84. The van der Waals surface area contributed by atoms with Crippen molar-refractivity contribution in [1.82, 2.24) is 14.9 Å². The van der Waals surface area contributed by atoms with Gasteiger partial charge in [0.05, 0.1) is 0 Å². The first-order valence-electron chi connectivity index (χ1n) is 9.02. The molecule has 2 aromatic heterocycles. The third-order valence-electron chi connectivity index (χ3n) is 4.87. The summed E-state index contributed by atoms with van der Waals surface area (Å²) in [7, 11) is 0. The minimum Gasteiger partial charge on any atom is -0.343 e. The van der Waals surface area contributed by atoms with E-state index in [9.17, 15) is 0 Å². The summed E-state index contributed by atoms with van der Waals surface area (Å²) in [5.74, 6) is 0. The summed E-state index contributed by atoms with van der Waals surface area (Å²) in [5.41, 5.74) is 6.58. The smallest absolute Gasteiger partial charge is 0.0486 e. The number of hydrogen-bond acceptors (Lipinski definition) is 2. The summed E-state index contributed by atoms with van der Waals surface area (Å²) in [6.45, 7) is 4.78. The van der Waals surface area contributed by atoms with Gasteiger partial charge in [0.2, 0.25) is 0 Å². The molecule has 3 nitrogen and oxygen atoms in total. The van der Waals surface area contributed by atoms with Crippen LogP contribution in [0.25, 0.3) is 10.9 Å². The maximum Gasteiger partial charge on any atom is 0.0486 e. The van der Waals surface area contributed by atoms with Gasteiger partial charge in [-0.05, 0) is 47.4 Å². The second kappa shape index (κ2) is 7.54. The monoisotopic (exact) mass is 341 g/mol. The van der Waals surface area contributed by atoms with Crippen LogP contribution in [-0.4, -0.2) is 9.55 Å². The molecule has 0 aliphatic carbocycles. The van der Waals surface area contributed by atoms with Crippen molar-refractivity contribution in [2.24, 2.45) is 0 Å². The molecule has 0 radical (unpaired) electrons. The van der Waals surface area contributed by atoms with Crippen LogP contribution in [0.5, 0.6) is 0 Å². The number of pyridine rings is 1. The third-order valence-corrected chi connectivity index (χ3v) is 4.87. The first-order valence-corrected chi connectivity index (χ1v) is 9.02. The topological polar surface area (TPSA) is 29.9 Å². The van der Waals surface area contributed by atoms with Crippen LogP contribution in [0.1, 0.15) is 22.3 Å². The SMILES string of the molecule is Cc1ccccc1Cn1cc(CNCc2ccncc2)c2ccccc21. The van der Waals surface area contributed by atoms with Gasteiger partial charge >= 0.3 is 0 Å². The predicted molar refractivity (Wildman–Crippen MR) is 107 cm³/mol. The Morgan fingerprint density at radius 1 is 0.846 bits per heavy atom. The molecule has 1 N–H and O–H groups in total. The van der Waals surface area contributed by atoms with E-state index >= 15 is 0 Å². The Kier molecular flexibility index (Phi) is 4.80. The molecular formula is C23H23N3. The summed E-state index contributed by atoms with van der Waals surface area (Å²) in [6.07, 6.45) is 5.97. The fourth-order valence-electron chi connectivity index (χ4n) is 3.41. The molecule has 3 heteroatoms. The van der Waals surface area contributed by atoms with Crippen molar-refractivity contribution in [1.29, 1.82) is 0 Å². The van der Waals surface area contributed by atoms with E-state index in [-0.39, 0.29) is 0 Å². The molecule has 4 aromatic rings. The quantitative estimate of drug-likeness (QED) is 0.552. The van der Waals surface area contributed by atoms with E-state index in [2.05, 4.69) is 88.7 Å². The Morgan fingerprint density at radius 2 is 1.62 bits per heavy atom. The zero-order chi connectivity index (χ0) is 17.8. The van der Waals surface area contributed by atoms with Gasteiger partial charge in [-0.1, -0.05) is 42.5 Å². The third kappa shape index (κ3) is 3.53. The first kappa shape index (κ1) is 16.6. The van der Waals surface area contributed by atoms with E-state index in [0.29, 0.717) is 0 Å². The van der Waals surface area contributed by atoms with Crippen molar-refractivity contribution in [2.75, 3.05) is 0 Å². The summed E-state index contributed by atoms with van der Waals surface area (Å²) in [4.78, 5) is 4.07. The van der Waals surface area contributed by atoms with Crippen molar-refractivity contribution >= 4 is 10.9 Å². The van der Waals surface area contributed by atoms with Crippen molar-refractivity contribution in [3.63, 3.8) is 0 Å². The van der Waals surface area contributed by atoms with Gasteiger partial charge in [0.25, 0.3) is 0 Å². The fourth-order valence-corrected chi connectivity index (χ4v) is 3.41. The average Bonchev–Trinajstić information content (AvgIpc) is 3.02. The maximum absolute atomic E-state index is 4.07. The first-order chi connectivity index (χ1) is 12.8. The molecule has 0 saturated heterocycles. The molecule has 26 heavy (non-hydrogen) atoms. The summed E-state index contributed by atoms with van der Waals surface area (Å²) in [6, 6.07) is 21.4. The largest absolute Gasteiger partial charge is 0.343 e. The summed E-state index contributed by atoms with van der Waals surface area (Å²) < 4.78 is 2.36. The molecule has 0 spiro atoms. The highest BCUT2D eigenvalue weighted by Crippen LogP contribution is 2.23. The molecular weight excluding hydrogens is 318 g/mol. The minimum absolute atomic E-state index is 0.847. The van der Waals surface area contributed by atoms with Crippen LogP contribution >= 0.6 is 0 Å².